The monoisotopic (exact) mass is 309 g/mol. The van der Waals surface area contributed by atoms with Crippen molar-refractivity contribution in [3.05, 3.63) is 29.8 Å². The van der Waals surface area contributed by atoms with Crippen molar-refractivity contribution < 1.29 is 8.42 Å². The Morgan fingerprint density at radius 1 is 1.05 bits per heavy atom. The molecule has 0 radical (unpaired) electrons. The largest absolute Gasteiger partial charge is 0.243 e. The van der Waals surface area contributed by atoms with Gasteiger partial charge in [0, 0.05) is 12.6 Å². The van der Waals surface area contributed by atoms with Crippen molar-refractivity contribution in [1.82, 2.24) is 4.31 Å². The van der Waals surface area contributed by atoms with Gasteiger partial charge in [0.2, 0.25) is 10.0 Å². The third-order valence-electron chi connectivity index (χ3n) is 4.18. The highest BCUT2D eigenvalue weighted by Crippen LogP contribution is 2.31. The predicted molar refractivity (Wildman–Crippen MR) is 86.9 cm³/mol. The number of unbranched alkanes of at least 4 members (excludes halogenated alkanes) is 5. The lowest BCUT2D eigenvalue weighted by molar-refractivity contribution is 0.533. The van der Waals surface area contributed by atoms with E-state index in [1.165, 1.54) is 32.1 Å². The minimum absolute atomic E-state index is 0.238. The first-order valence-corrected chi connectivity index (χ1v) is 9.58. The summed E-state index contributed by atoms with van der Waals surface area (Å²) in [4.78, 5) is 0.429. The van der Waals surface area contributed by atoms with E-state index in [2.05, 4.69) is 6.92 Å². The minimum Gasteiger partial charge on any atom is -0.207 e. The lowest BCUT2D eigenvalue weighted by Gasteiger charge is -2.07. The first-order valence-electron chi connectivity index (χ1n) is 8.14. The molecule has 0 saturated carbocycles. The topological polar surface area (TPSA) is 37.1 Å². The van der Waals surface area contributed by atoms with Crippen LogP contribution in [0, 0.1) is 6.92 Å². The molecule has 1 heterocycles. The van der Waals surface area contributed by atoms with E-state index in [9.17, 15) is 8.42 Å². The molecule has 21 heavy (non-hydrogen) atoms. The predicted octanol–water partition coefficient (Wildman–Crippen LogP) is 4.12. The summed E-state index contributed by atoms with van der Waals surface area (Å²) in [6, 6.07) is 7.39. The Morgan fingerprint density at radius 3 is 2.33 bits per heavy atom. The van der Waals surface area contributed by atoms with Gasteiger partial charge in [-0.3, -0.25) is 0 Å². The van der Waals surface area contributed by atoms with Gasteiger partial charge in [0.15, 0.2) is 0 Å². The zero-order valence-electron chi connectivity index (χ0n) is 13.2. The van der Waals surface area contributed by atoms with E-state index >= 15 is 0 Å². The highest BCUT2D eigenvalue weighted by molar-refractivity contribution is 7.89. The molecule has 2 rings (SSSR count). The van der Waals surface area contributed by atoms with Crippen molar-refractivity contribution in [2.75, 3.05) is 6.54 Å². The smallest absolute Gasteiger partial charge is 0.207 e. The Hall–Kier alpha value is -0.870. The average molecular weight is 309 g/mol. The number of nitrogens with zero attached hydrogens (tertiary/aromatic N) is 1. The molecule has 1 aromatic rings. The van der Waals surface area contributed by atoms with Gasteiger partial charge in [-0.2, -0.15) is 4.31 Å². The van der Waals surface area contributed by atoms with Crippen LogP contribution in [-0.2, 0) is 10.0 Å². The lowest BCUT2D eigenvalue weighted by Crippen LogP contribution is -2.14. The van der Waals surface area contributed by atoms with Crippen LogP contribution in [-0.4, -0.2) is 25.3 Å². The fourth-order valence-electron chi connectivity index (χ4n) is 2.70. The Morgan fingerprint density at radius 2 is 1.67 bits per heavy atom. The first-order chi connectivity index (χ1) is 10.1. The Bertz CT molecular complexity index is 536. The lowest BCUT2D eigenvalue weighted by atomic mass is 10.1. The van der Waals surface area contributed by atoms with Gasteiger partial charge in [-0.15, -0.1) is 0 Å². The van der Waals surface area contributed by atoms with Crippen molar-refractivity contribution in [3.63, 3.8) is 0 Å². The summed E-state index contributed by atoms with van der Waals surface area (Å²) < 4.78 is 26.5. The molecule has 0 aromatic heterocycles. The van der Waals surface area contributed by atoms with E-state index < -0.39 is 10.0 Å². The molecule has 1 aliphatic heterocycles. The Balaban J connectivity index is 1.76. The van der Waals surface area contributed by atoms with Gasteiger partial charge in [0.25, 0.3) is 0 Å². The fraction of sp³-hybridized carbons (Fsp3) is 0.647. The quantitative estimate of drug-likeness (QED) is 0.508. The standard InChI is InChI=1S/C17H27NO2S/c1-3-4-5-6-7-8-9-16-14-18(16)21(19,20)17-12-10-15(2)11-13-17/h10-13,16H,3-9,14H2,1-2H3/t16-,18?/m1/s1. The molecule has 0 aliphatic carbocycles. The van der Waals surface area contributed by atoms with E-state index in [1.807, 2.05) is 19.1 Å². The number of hydrogen-bond donors (Lipinski definition) is 0. The number of hydrogen-bond acceptors (Lipinski definition) is 2. The summed E-state index contributed by atoms with van der Waals surface area (Å²) in [5.74, 6) is 0. The molecule has 1 unspecified atom stereocenters. The third-order valence-corrected chi connectivity index (χ3v) is 6.12. The van der Waals surface area contributed by atoms with Crippen molar-refractivity contribution in [2.45, 2.75) is 69.7 Å². The maximum atomic E-state index is 12.4. The average Bonchev–Trinajstić information content (AvgIpc) is 3.23. The molecule has 4 heteroatoms. The summed E-state index contributed by atoms with van der Waals surface area (Å²) in [6.07, 6.45) is 8.57. The van der Waals surface area contributed by atoms with Crippen LogP contribution in [0.1, 0.15) is 57.4 Å². The second-order valence-corrected chi connectivity index (χ2v) is 7.99. The second kappa shape index (κ2) is 7.41. The summed E-state index contributed by atoms with van der Waals surface area (Å²) >= 11 is 0. The summed E-state index contributed by atoms with van der Waals surface area (Å²) in [5.41, 5.74) is 1.09. The summed E-state index contributed by atoms with van der Waals surface area (Å²) in [7, 11) is -3.25. The molecule has 1 aliphatic rings. The second-order valence-electron chi connectivity index (χ2n) is 6.10. The third kappa shape index (κ3) is 4.55. The highest BCUT2D eigenvalue weighted by Gasteiger charge is 2.43. The molecule has 1 saturated heterocycles. The van der Waals surface area contributed by atoms with Crippen molar-refractivity contribution in [2.24, 2.45) is 0 Å². The molecule has 0 spiro atoms. The van der Waals surface area contributed by atoms with Gasteiger partial charge in [0.1, 0.15) is 0 Å². The van der Waals surface area contributed by atoms with Gasteiger partial charge in [-0.25, -0.2) is 8.42 Å². The fourth-order valence-corrected chi connectivity index (χ4v) is 4.31. The van der Waals surface area contributed by atoms with Crippen molar-refractivity contribution >= 4 is 10.0 Å². The number of sulfonamides is 1. The van der Waals surface area contributed by atoms with Crippen LogP contribution in [0.4, 0.5) is 0 Å². The van der Waals surface area contributed by atoms with Crippen LogP contribution in [0.15, 0.2) is 29.2 Å². The van der Waals surface area contributed by atoms with E-state index in [1.54, 1.807) is 16.4 Å². The van der Waals surface area contributed by atoms with Crippen LogP contribution in [0.2, 0.25) is 0 Å². The Kier molecular flexibility index (Phi) is 5.82. The zero-order valence-corrected chi connectivity index (χ0v) is 14.0. The summed E-state index contributed by atoms with van der Waals surface area (Å²) in [6.45, 7) is 4.89. The Labute approximate surface area is 129 Å². The molecule has 2 atom stereocenters. The molecule has 3 nitrogen and oxygen atoms in total. The van der Waals surface area contributed by atoms with E-state index in [0.717, 1.165) is 18.4 Å². The van der Waals surface area contributed by atoms with Crippen LogP contribution in [0.3, 0.4) is 0 Å². The number of aryl methyl sites for hydroxylation is 1. The molecule has 0 N–H and O–H groups in total. The minimum atomic E-state index is -3.25. The highest BCUT2D eigenvalue weighted by atomic mass is 32.2. The number of benzene rings is 1. The van der Waals surface area contributed by atoms with Crippen molar-refractivity contribution in [3.8, 4) is 0 Å². The SMILES string of the molecule is CCCCCCCC[C@@H]1CN1S(=O)(=O)c1ccc(C)cc1. The first kappa shape index (κ1) is 16.5. The molecular weight excluding hydrogens is 282 g/mol. The van der Waals surface area contributed by atoms with E-state index in [0.29, 0.717) is 11.4 Å². The zero-order chi connectivity index (χ0) is 15.3. The molecule has 1 aromatic carbocycles. The maximum absolute atomic E-state index is 12.4. The molecule has 118 valence electrons. The van der Waals surface area contributed by atoms with Gasteiger partial charge in [-0.1, -0.05) is 63.1 Å². The number of rotatable bonds is 9. The molecule has 0 bridgehead atoms. The van der Waals surface area contributed by atoms with E-state index in [4.69, 9.17) is 0 Å². The van der Waals surface area contributed by atoms with Gasteiger partial charge in [-0.05, 0) is 25.5 Å². The van der Waals surface area contributed by atoms with Gasteiger partial charge in [0.05, 0.1) is 4.90 Å². The van der Waals surface area contributed by atoms with Crippen molar-refractivity contribution in [1.29, 1.82) is 0 Å². The van der Waals surface area contributed by atoms with Crippen LogP contribution >= 0.6 is 0 Å². The summed E-state index contributed by atoms with van der Waals surface area (Å²) in [5, 5.41) is 0. The van der Waals surface area contributed by atoms with Gasteiger partial charge < -0.3 is 0 Å². The van der Waals surface area contributed by atoms with Crippen LogP contribution in [0.25, 0.3) is 0 Å². The normalized spacial score (nSPS) is 21.4. The van der Waals surface area contributed by atoms with Gasteiger partial charge >= 0.3 is 0 Å². The maximum Gasteiger partial charge on any atom is 0.243 e. The molecule has 0 amide bonds. The molecular formula is C17H27NO2S. The molecule has 1 fully saturated rings. The van der Waals surface area contributed by atoms with E-state index in [-0.39, 0.29) is 6.04 Å². The van der Waals surface area contributed by atoms with Crippen LogP contribution < -0.4 is 0 Å². The van der Waals surface area contributed by atoms with Crippen LogP contribution in [0.5, 0.6) is 0 Å².